The van der Waals surface area contributed by atoms with E-state index in [1.54, 1.807) is 18.3 Å². The van der Waals surface area contributed by atoms with Crippen molar-refractivity contribution in [1.29, 1.82) is 0 Å². The van der Waals surface area contributed by atoms with Crippen LogP contribution in [-0.4, -0.2) is 48.4 Å². The molecule has 1 saturated heterocycles. The van der Waals surface area contributed by atoms with E-state index in [0.717, 1.165) is 0 Å². The van der Waals surface area contributed by atoms with Gasteiger partial charge in [-0.2, -0.15) is 0 Å². The maximum atomic E-state index is 11.8. The molecule has 1 N–H and O–H groups in total. The summed E-state index contributed by atoms with van der Waals surface area (Å²) >= 11 is 6.45. The van der Waals surface area contributed by atoms with E-state index in [1.165, 1.54) is 27.4 Å². The van der Waals surface area contributed by atoms with Crippen molar-refractivity contribution in [2.24, 2.45) is 5.92 Å². The number of ketones is 1. The van der Waals surface area contributed by atoms with Gasteiger partial charge in [-0.3, -0.25) is 14.7 Å². The summed E-state index contributed by atoms with van der Waals surface area (Å²) in [7, 11) is 0. The quantitative estimate of drug-likeness (QED) is 0.183. The normalized spacial score (nSPS) is 10.1. The first-order valence-corrected chi connectivity index (χ1v) is 16.3. The van der Waals surface area contributed by atoms with E-state index in [-0.39, 0.29) is 56.2 Å². The molecule has 0 spiro atoms. The van der Waals surface area contributed by atoms with E-state index >= 15 is 0 Å². The van der Waals surface area contributed by atoms with Crippen LogP contribution in [0.1, 0.15) is 54.4 Å². The first-order chi connectivity index (χ1) is 17.8. The molecule has 0 bridgehead atoms. The number of aromatic nitrogens is 1. The van der Waals surface area contributed by atoms with Gasteiger partial charge in [0.2, 0.25) is 0 Å². The number of halogens is 3. The van der Waals surface area contributed by atoms with E-state index in [1.807, 2.05) is 86.7 Å². The van der Waals surface area contributed by atoms with Crippen LogP contribution in [0.4, 0.5) is 4.79 Å². The van der Waals surface area contributed by atoms with Gasteiger partial charge in [-0.25, -0.2) is 4.79 Å². The molecule has 2 radical (unpaired) electrons. The standard InChI is InChI=1S/C12H14N2O4.C6H6.C3H6O.2C2H6.CH2I2.CH2I.CH3.2V/c15-11(16)9-3-6-14(7-4-9)12(17)18-10-2-1-5-13-8-10;1-2-4-6-5-3-1;1-3(2)4;2*1-2;2-1-3;1-2;;;/h1-2,5,8-9H,3-4,6-7H2,(H,15,16);1-6H;1-2H3;2*1-2H3;1H2;1H2;1H3;;/q;;;;;;2*-1;;. The van der Waals surface area contributed by atoms with E-state index in [4.69, 9.17) is 9.84 Å². The second kappa shape index (κ2) is 46.1. The molecule has 0 unspecified atom stereocenters. The Morgan fingerprint density at radius 1 is 0.925 bits per heavy atom. The molecule has 7 nitrogen and oxygen atoms in total. The summed E-state index contributed by atoms with van der Waals surface area (Å²) in [6.07, 6.45) is 3.54. The van der Waals surface area contributed by atoms with E-state index < -0.39 is 12.1 Å². The molecule has 1 aromatic heterocycles. The molecule has 230 valence electrons. The molecule has 40 heavy (non-hydrogen) atoms. The number of aliphatic carboxylic acids is 1. The van der Waals surface area contributed by atoms with Crippen molar-refractivity contribution >= 4 is 85.6 Å². The molecule has 3 rings (SSSR count). The number of carboxylic acids is 1. The molecule has 0 aliphatic carbocycles. The molecule has 0 atom stereocenters. The van der Waals surface area contributed by atoms with Crippen molar-refractivity contribution in [2.45, 2.75) is 54.4 Å². The number of pyridine rings is 1. The molecule has 1 fully saturated rings. The number of hydrogen-bond acceptors (Lipinski definition) is 5. The number of rotatable bonds is 2. The van der Waals surface area contributed by atoms with Crippen molar-refractivity contribution in [3.05, 3.63) is 73.3 Å². The van der Waals surface area contributed by atoms with Gasteiger partial charge in [0.25, 0.3) is 0 Å². The third-order valence-corrected chi connectivity index (χ3v) is 3.61. The van der Waals surface area contributed by atoms with E-state index in [9.17, 15) is 14.4 Å². The van der Waals surface area contributed by atoms with Crippen LogP contribution in [-0.2, 0) is 46.7 Å². The zero-order chi connectivity index (χ0) is 29.5. The van der Waals surface area contributed by atoms with Crippen molar-refractivity contribution in [3.63, 3.8) is 0 Å². The molecule has 0 saturated carbocycles. The molecular formula is C28H45I3N2O5V2-2. The van der Waals surface area contributed by atoms with Crippen LogP contribution < -0.4 is 4.74 Å². The number of piperidine rings is 1. The minimum Gasteiger partial charge on any atom is -0.481 e. The summed E-state index contributed by atoms with van der Waals surface area (Å²) in [5.41, 5.74) is 0. The van der Waals surface area contributed by atoms with E-state index in [2.05, 4.69) is 55.1 Å². The Bertz CT molecular complexity index is 727. The molecular weight excluding hydrogens is 927 g/mol. The Kier molecular flexibility index (Phi) is 64.5. The van der Waals surface area contributed by atoms with E-state index in [0.29, 0.717) is 31.7 Å². The summed E-state index contributed by atoms with van der Waals surface area (Å²) in [5.74, 6) is -0.592. The summed E-state index contributed by atoms with van der Waals surface area (Å²) in [4.78, 5) is 40.6. The van der Waals surface area contributed by atoms with Gasteiger partial charge in [0, 0.05) is 56.4 Å². The first kappa shape index (κ1) is 56.0. The maximum Gasteiger partial charge on any atom is 0.415 e. The Balaban J connectivity index is -0.0000000829. The summed E-state index contributed by atoms with van der Waals surface area (Å²) in [6.45, 7) is 11.9. The number of nitrogens with zero attached hydrogens (tertiary/aromatic N) is 2. The van der Waals surface area contributed by atoms with Gasteiger partial charge in [-0.1, -0.05) is 109 Å². The minimum atomic E-state index is -0.796. The number of carbonyl (C=O) groups excluding carboxylic acids is 2. The van der Waals surface area contributed by atoms with Gasteiger partial charge in [0.1, 0.15) is 5.78 Å². The molecule has 2 heterocycles. The Morgan fingerprint density at radius 2 is 1.27 bits per heavy atom. The van der Waals surface area contributed by atoms with Crippen molar-refractivity contribution in [1.82, 2.24) is 9.88 Å². The number of carbonyl (C=O) groups is 3. The topological polar surface area (TPSA) is 96.8 Å². The van der Waals surface area contributed by atoms with Crippen molar-refractivity contribution in [3.8, 4) is 5.75 Å². The largest absolute Gasteiger partial charge is 0.481 e. The molecule has 2 aromatic rings. The third-order valence-electron chi connectivity index (χ3n) is 3.61. The number of amides is 1. The maximum absolute atomic E-state index is 11.8. The Hall–Kier alpha value is 0.139. The predicted molar refractivity (Wildman–Crippen MR) is 186 cm³/mol. The monoisotopic (exact) mass is 972 g/mol. The van der Waals surface area contributed by atoms with Gasteiger partial charge in [-0.05, 0) is 38.8 Å². The number of Topliss-reactive ketones (excluding diaryl/α,β-unsaturated/α-hetero) is 1. The van der Waals surface area contributed by atoms with Crippen LogP contribution >= 0.6 is 67.8 Å². The fourth-order valence-electron chi connectivity index (χ4n) is 2.27. The van der Waals surface area contributed by atoms with Gasteiger partial charge < -0.3 is 49.6 Å². The number of alkyl halides is 2. The second-order valence-corrected chi connectivity index (χ2v) is 10.8. The number of carboxylic acid groups (broad SMARTS) is 1. The van der Waals surface area contributed by atoms with Crippen LogP contribution in [0.25, 0.3) is 0 Å². The fraction of sp³-hybridized carbons (Fsp3) is 0.429. The van der Waals surface area contributed by atoms with Gasteiger partial charge in [-0.15, -0.1) is 0 Å². The zero-order valence-electron chi connectivity index (χ0n) is 24.6. The Labute approximate surface area is 308 Å². The van der Waals surface area contributed by atoms with Crippen molar-refractivity contribution < 1.29 is 61.3 Å². The average Bonchev–Trinajstić information content (AvgIpc) is 2.94. The number of likely N-dealkylation sites (tertiary alicyclic amines) is 1. The van der Waals surface area contributed by atoms with Gasteiger partial charge >= 0.3 is 12.1 Å². The van der Waals surface area contributed by atoms with Gasteiger partial charge in [0.15, 0.2) is 5.75 Å². The molecule has 1 aliphatic rings. The SMILES string of the molecule is CC.CC.CC(C)=O.ICI.O=C(O)C1CCN(C(=O)Oc2cccnc2)CC1.[CH2-]I.[CH3-].[V].[V].c1ccccc1. The number of ether oxygens (including phenoxy) is 1. The van der Waals surface area contributed by atoms with Gasteiger partial charge in [0.05, 0.1) is 14.5 Å². The van der Waals surface area contributed by atoms with Crippen LogP contribution in [0.15, 0.2) is 60.9 Å². The van der Waals surface area contributed by atoms with Crippen LogP contribution in [0.5, 0.6) is 5.75 Å². The molecule has 1 aromatic carbocycles. The van der Waals surface area contributed by atoms with Crippen LogP contribution in [0.2, 0.25) is 0 Å². The minimum absolute atomic E-state index is 0. The predicted octanol–water partition coefficient (Wildman–Crippen LogP) is 9.18. The second-order valence-electron chi connectivity index (χ2n) is 6.32. The molecule has 1 amide bonds. The van der Waals surface area contributed by atoms with Crippen LogP contribution in [0.3, 0.4) is 0 Å². The summed E-state index contributed by atoms with van der Waals surface area (Å²) < 4.78 is 6.32. The average molecular weight is 972 g/mol. The summed E-state index contributed by atoms with van der Waals surface area (Å²) in [5, 5.41) is 8.86. The van der Waals surface area contributed by atoms with Crippen LogP contribution in [0, 0.1) is 18.3 Å². The summed E-state index contributed by atoms with van der Waals surface area (Å²) in [6, 6.07) is 15.3. The Morgan fingerprint density at radius 3 is 1.55 bits per heavy atom. The molecule has 12 heteroatoms. The molecule has 1 aliphatic heterocycles. The van der Waals surface area contributed by atoms with Crippen molar-refractivity contribution in [2.75, 3.05) is 15.5 Å². The smallest absolute Gasteiger partial charge is 0.415 e. The number of benzene rings is 1. The third kappa shape index (κ3) is 40.3. The zero-order valence-corrected chi connectivity index (χ0v) is 33.9. The first-order valence-electron chi connectivity index (χ1n) is 11.8. The fourth-order valence-corrected chi connectivity index (χ4v) is 2.27. The number of hydrogen-bond donors (Lipinski definition) is 1.